The van der Waals surface area contributed by atoms with Crippen LogP contribution in [0.1, 0.15) is 49.8 Å². The first-order valence-corrected chi connectivity index (χ1v) is 13.8. The number of rotatable bonds is 10. The summed E-state index contributed by atoms with van der Waals surface area (Å²) >= 11 is 1.32. The normalized spacial score (nSPS) is 16.7. The monoisotopic (exact) mass is 549 g/mol. The van der Waals surface area contributed by atoms with E-state index in [1.54, 1.807) is 6.92 Å². The van der Waals surface area contributed by atoms with Crippen LogP contribution in [0, 0.1) is 6.92 Å². The average molecular weight is 550 g/mol. The number of carbonyl (C=O) groups is 1. The van der Waals surface area contributed by atoms with E-state index >= 15 is 0 Å². The number of carbonyl (C=O) groups excluding carboxylic acids is 1. The van der Waals surface area contributed by atoms with Crippen LogP contribution in [0.3, 0.4) is 0 Å². The number of alkyl halides is 3. The van der Waals surface area contributed by atoms with Gasteiger partial charge in [0.05, 0.1) is 22.4 Å². The minimum atomic E-state index is -4.37. The van der Waals surface area contributed by atoms with Crippen molar-refractivity contribution in [3.63, 3.8) is 0 Å². The van der Waals surface area contributed by atoms with E-state index in [4.69, 9.17) is 9.47 Å². The van der Waals surface area contributed by atoms with Crippen LogP contribution >= 0.6 is 11.3 Å². The number of aryl methyl sites for hydroxylation is 1. The van der Waals surface area contributed by atoms with Crippen LogP contribution in [-0.2, 0) is 22.3 Å². The van der Waals surface area contributed by atoms with Crippen molar-refractivity contribution in [2.24, 2.45) is 0 Å². The summed E-state index contributed by atoms with van der Waals surface area (Å²) < 4.78 is 50.7. The van der Waals surface area contributed by atoms with Gasteiger partial charge >= 0.3 is 12.1 Å². The Labute approximate surface area is 225 Å². The van der Waals surface area contributed by atoms with E-state index in [0.717, 1.165) is 67.8 Å². The third-order valence-corrected chi connectivity index (χ3v) is 7.71. The number of ether oxygens (including phenoxy) is 2. The lowest BCUT2D eigenvalue weighted by Gasteiger charge is -2.41. The molecule has 1 fully saturated rings. The van der Waals surface area contributed by atoms with E-state index in [2.05, 4.69) is 27.8 Å². The first-order chi connectivity index (χ1) is 18.2. The van der Waals surface area contributed by atoms with Crippen LogP contribution in [0.25, 0.3) is 10.2 Å². The summed E-state index contributed by atoms with van der Waals surface area (Å²) in [4.78, 5) is 21.0. The van der Waals surface area contributed by atoms with Crippen LogP contribution in [0.5, 0.6) is 5.75 Å². The van der Waals surface area contributed by atoms with Gasteiger partial charge in [-0.3, -0.25) is 4.90 Å². The van der Waals surface area contributed by atoms with Gasteiger partial charge in [0, 0.05) is 32.2 Å². The Balaban J connectivity index is 1.47. The van der Waals surface area contributed by atoms with Gasteiger partial charge in [0.15, 0.2) is 11.7 Å². The molecule has 1 aliphatic rings. The van der Waals surface area contributed by atoms with Crippen LogP contribution in [0.15, 0.2) is 36.4 Å². The maximum Gasteiger partial charge on any atom is 0.416 e. The molecule has 0 amide bonds. The summed E-state index contributed by atoms with van der Waals surface area (Å²) in [6, 6.07) is 10.1. The minimum absolute atomic E-state index is 0.124. The summed E-state index contributed by atoms with van der Waals surface area (Å²) in [5.74, 6) is 0.250. The van der Waals surface area contributed by atoms with Crippen LogP contribution in [0.2, 0.25) is 0 Å². The van der Waals surface area contributed by atoms with Crippen molar-refractivity contribution in [2.75, 3.05) is 37.7 Å². The number of piperazine rings is 1. The van der Waals surface area contributed by atoms with E-state index < -0.39 is 17.7 Å². The maximum absolute atomic E-state index is 13.2. The van der Waals surface area contributed by atoms with Gasteiger partial charge in [-0.2, -0.15) is 13.2 Å². The fraction of sp³-hybridized carbons (Fsp3) is 0.500. The molecule has 0 spiro atoms. The fourth-order valence-electron chi connectivity index (χ4n) is 4.79. The SMILES string of the molecule is CCCC[C@@H]1CN(c2nc3ccc(C(F)(F)F)cc3s2)CCN1Cc1cc(C)cc(OCC(=O)OCC)c1. The zero-order chi connectivity index (χ0) is 27.3. The van der Waals surface area contributed by atoms with Crippen LogP contribution < -0.4 is 9.64 Å². The topological polar surface area (TPSA) is 54.9 Å². The Morgan fingerprint density at radius 1 is 1.16 bits per heavy atom. The van der Waals surface area contributed by atoms with Gasteiger partial charge in [-0.05, 0) is 61.7 Å². The highest BCUT2D eigenvalue weighted by atomic mass is 32.1. The molecule has 1 atom stereocenters. The standard InChI is InChI=1S/C28H34F3N3O3S/c1-4-6-7-22-17-34(27-32-24-9-8-21(28(29,30)31)15-25(24)38-27)11-10-33(22)16-20-12-19(3)13-23(14-20)37-18-26(35)36-5-2/h8-9,12-15,22H,4-7,10-11,16-18H2,1-3H3/t22-/m1/s1. The molecule has 0 bridgehead atoms. The largest absolute Gasteiger partial charge is 0.482 e. The van der Waals surface area contributed by atoms with E-state index in [-0.39, 0.29) is 12.6 Å². The third kappa shape index (κ3) is 7.17. The molecule has 38 heavy (non-hydrogen) atoms. The summed E-state index contributed by atoms with van der Waals surface area (Å²) in [5, 5.41) is 0.769. The highest BCUT2D eigenvalue weighted by Crippen LogP contribution is 2.36. The van der Waals surface area contributed by atoms with Crippen molar-refractivity contribution in [1.82, 2.24) is 9.88 Å². The van der Waals surface area contributed by atoms with E-state index in [0.29, 0.717) is 22.6 Å². The number of thiazole rings is 1. The molecule has 2 aromatic carbocycles. The van der Waals surface area contributed by atoms with Crippen molar-refractivity contribution in [3.05, 3.63) is 53.1 Å². The summed E-state index contributed by atoms with van der Waals surface area (Å²) in [5.41, 5.74) is 2.12. The predicted octanol–water partition coefficient (Wildman–Crippen LogP) is 6.45. The number of hydrogen-bond donors (Lipinski definition) is 0. The number of fused-ring (bicyclic) bond motifs is 1. The molecule has 0 aliphatic carbocycles. The number of unbranched alkanes of at least 4 members (excludes halogenated alkanes) is 1. The molecule has 0 radical (unpaired) electrons. The van der Waals surface area contributed by atoms with Gasteiger partial charge in [-0.1, -0.05) is 37.2 Å². The first kappa shape index (κ1) is 28.2. The Morgan fingerprint density at radius 3 is 2.71 bits per heavy atom. The lowest BCUT2D eigenvalue weighted by molar-refractivity contribution is -0.145. The van der Waals surface area contributed by atoms with Crippen molar-refractivity contribution < 1.29 is 27.4 Å². The third-order valence-electron chi connectivity index (χ3n) is 6.63. The second kappa shape index (κ2) is 12.3. The van der Waals surface area contributed by atoms with E-state index in [1.807, 2.05) is 19.1 Å². The maximum atomic E-state index is 13.2. The number of benzene rings is 2. The highest BCUT2D eigenvalue weighted by Gasteiger charge is 2.32. The molecule has 4 rings (SSSR count). The smallest absolute Gasteiger partial charge is 0.416 e. The molecule has 2 heterocycles. The fourth-order valence-corrected chi connectivity index (χ4v) is 5.83. The van der Waals surface area contributed by atoms with Crippen molar-refractivity contribution in [2.45, 2.75) is 58.8 Å². The lowest BCUT2D eigenvalue weighted by atomic mass is 10.0. The zero-order valence-electron chi connectivity index (χ0n) is 22.0. The summed E-state index contributed by atoms with van der Waals surface area (Å²) in [7, 11) is 0. The Bertz CT molecular complexity index is 1250. The highest BCUT2D eigenvalue weighted by molar-refractivity contribution is 7.22. The van der Waals surface area contributed by atoms with Crippen molar-refractivity contribution >= 4 is 32.7 Å². The summed E-state index contributed by atoms with van der Waals surface area (Å²) in [6.45, 7) is 9.20. The molecule has 1 aromatic heterocycles. The Morgan fingerprint density at radius 2 is 1.97 bits per heavy atom. The van der Waals surface area contributed by atoms with E-state index in [9.17, 15) is 18.0 Å². The van der Waals surface area contributed by atoms with Crippen LogP contribution in [0.4, 0.5) is 18.3 Å². The molecule has 1 aliphatic heterocycles. The Hall–Kier alpha value is -2.85. The molecule has 0 unspecified atom stereocenters. The molecule has 0 N–H and O–H groups in total. The molecule has 206 valence electrons. The minimum Gasteiger partial charge on any atom is -0.482 e. The van der Waals surface area contributed by atoms with Crippen LogP contribution in [-0.4, -0.2) is 54.7 Å². The number of nitrogens with zero attached hydrogens (tertiary/aromatic N) is 3. The molecule has 0 saturated carbocycles. The molecule has 10 heteroatoms. The predicted molar refractivity (Wildman–Crippen MR) is 144 cm³/mol. The second-order valence-electron chi connectivity index (χ2n) is 9.64. The zero-order valence-corrected chi connectivity index (χ0v) is 22.8. The van der Waals surface area contributed by atoms with Crippen molar-refractivity contribution in [1.29, 1.82) is 0 Å². The van der Waals surface area contributed by atoms with Gasteiger partial charge in [0.25, 0.3) is 0 Å². The summed E-state index contributed by atoms with van der Waals surface area (Å²) in [6.07, 6.45) is -1.17. The number of aromatic nitrogens is 1. The van der Waals surface area contributed by atoms with Gasteiger partial charge < -0.3 is 14.4 Å². The number of esters is 1. The number of halogens is 3. The first-order valence-electron chi connectivity index (χ1n) is 13.0. The molecular weight excluding hydrogens is 515 g/mol. The average Bonchev–Trinajstić information content (AvgIpc) is 3.30. The second-order valence-corrected chi connectivity index (χ2v) is 10.6. The van der Waals surface area contributed by atoms with E-state index in [1.165, 1.54) is 23.5 Å². The molecular formula is C28H34F3N3O3S. The molecule has 6 nitrogen and oxygen atoms in total. The Kier molecular flexibility index (Phi) is 9.15. The number of anilines is 1. The molecule has 1 saturated heterocycles. The van der Waals surface area contributed by atoms with Gasteiger partial charge in [0.1, 0.15) is 5.75 Å². The molecule has 3 aromatic rings. The number of hydrogen-bond acceptors (Lipinski definition) is 7. The van der Waals surface area contributed by atoms with Gasteiger partial charge in [0.2, 0.25) is 0 Å². The quantitative estimate of drug-likeness (QED) is 0.271. The lowest BCUT2D eigenvalue weighted by Crippen LogP contribution is -2.52. The van der Waals surface area contributed by atoms with Gasteiger partial charge in [-0.25, -0.2) is 9.78 Å². The van der Waals surface area contributed by atoms with Gasteiger partial charge in [-0.15, -0.1) is 0 Å². The van der Waals surface area contributed by atoms with Crippen molar-refractivity contribution in [3.8, 4) is 5.75 Å².